The zero-order valence-electron chi connectivity index (χ0n) is 8.73. The predicted octanol–water partition coefficient (Wildman–Crippen LogP) is 1.84. The van der Waals surface area contributed by atoms with E-state index in [9.17, 15) is 5.02 Å². The van der Waals surface area contributed by atoms with Crippen LogP contribution < -0.4 is 5.46 Å². The van der Waals surface area contributed by atoms with Gasteiger partial charge in [-0.15, -0.1) is 0 Å². The molecule has 2 nitrogen and oxygen atoms in total. The van der Waals surface area contributed by atoms with Gasteiger partial charge >= 0.3 is 7.12 Å². The standard InChI is InChI=1S/C10H15BO2S/c1-10(2,3)14-13-11(12)9-7-5-4-6-8-9/h4-8,12H,1-3H3. The van der Waals surface area contributed by atoms with Crippen LogP contribution in [0.3, 0.4) is 0 Å². The highest BCUT2D eigenvalue weighted by Gasteiger charge is 2.20. The summed E-state index contributed by atoms with van der Waals surface area (Å²) < 4.78 is 5.26. The van der Waals surface area contributed by atoms with Gasteiger partial charge in [-0.2, -0.15) is 0 Å². The summed E-state index contributed by atoms with van der Waals surface area (Å²) in [7, 11) is -0.847. The Morgan fingerprint density at radius 2 is 1.79 bits per heavy atom. The van der Waals surface area contributed by atoms with E-state index in [1.54, 1.807) is 0 Å². The summed E-state index contributed by atoms with van der Waals surface area (Å²) in [4.78, 5) is 0. The van der Waals surface area contributed by atoms with Crippen LogP contribution in [0.25, 0.3) is 0 Å². The Hall–Kier alpha value is -0.445. The van der Waals surface area contributed by atoms with Crippen molar-refractivity contribution in [1.82, 2.24) is 0 Å². The van der Waals surface area contributed by atoms with E-state index in [-0.39, 0.29) is 4.75 Å². The Bertz CT molecular complexity index is 271. The minimum atomic E-state index is -0.847. The molecule has 0 aliphatic carbocycles. The Morgan fingerprint density at radius 3 is 2.29 bits per heavy atom. The molecule has 0 spiro atoms. The normalized spacial score (nSPS) is 11.4. The maximum Gasteiger partial charge on any atom is 0.502 e. The second kappa shape index (κ2) is 4.87. The van der Waals surface area contributed by atoms with Gasteiger partial charge in [0.05, 0.1) is 0 Å². The Morgan fingerprint density at radius 1 is 1.21 bits per heavy atom. The quantitative estimate of drug-likeness (QED) is 0.609. The largest absolute Gasteiger partial charge is 0.502 e. The van der Waals surface area contributed by atoms with Crippen molar-refractivity contribution in [2.75, 3.05) is 0 Å². The summed E-state index contributed by atoms with van der Waals surface area (Å²) in [6.07, 6.45) is 0. The first kappa shape index (κ1) is 11.6. The van der Waals surface area contributed by atoms with Gasteiger partial charge in [0.1, 0.15) is 0 Å². The Balaban J connectivity index is 2.48. The molecule has 1 rings (SSSR count). The van der Waals surface area contributed by atoms with E-state index in [0.717, 1.165) is 5.46 Å². The summed E-state index contributed by atoms with van der Waals surface area (Å²) >= 11 is 1.29. The molecule has 0 aliphatic heterocycles. The summed E-state index contributed by atoms with van der Waals surface area (Å²) in [6.45, 7) is 6.11. The van der Waals surface area contributed by atoms with E-state index in [4.69, 9.17) is 4.10 Å². The average molecular weight is 210 g/mol. The highest BCUT2D eigenvalue weighted by molar-refractivity contribution is 7.96. The monoisotopic (exact) mass is 210 g/mol. The van der Waals surface area contributed by atoms with E-state index in [1.807, 2.05) is 51.1 Å². The van der Waals surface area contributed by atoms with Gasteiger partial charge in [0.2, 0.25) is 0 Å². The van der Waals surface area contributed by atoms with E-state index < -0.39 is 7.12 Å². The number of benzene rings is 1. The third-order valence-electron chi connectivity index (χ3n) is 1.47. The van der Waals surface area contributed by atoms with Crippen molar-refractivity contribution >= 4 is 24.6 Å². The third-order valence-corrected chi connectivity index (χ3v) is 2.25. The smallest absolute Gasteiger partial charge is 0.423 e. The summed E-state index contributed by atoms with van der Waals surface area (Å²) in [5.74, 6) is 0. The first-order valence-corrected chi connectivity index (χ1v) is 5.31. The Labute approximate surface area is 90.0 Å². The molecular formula is C10H15BO2S. The molecule has 0 aromatic heterocycles. The first-order chi connectivity index (χ1) is 6.49. The molecule has 0 amide bonds. The van der Waals surface area contributed by atoms with Crippen LogP contribution in [0.4, 0.5) is 0 Å². The van der Waals surface area contributed by atoms with Crippen LogP contribution in [0.15, 0.2) is 30.3 Å². The third kappa shape index (κ3) is 4.18. The maximum absolute atomic E-state index is 9.64. The van der Waals surface area contributed by atoms with Crippen LogP contribution in [-0.2, 0) is 4.10 Å². The molecular weight excluding hydrogens is 195 g/mol. The summed E-state index contributed by atoms with van der Waals surface area (Å²) in [5.41, 5.74) is 0.782. The molecule has 76 valence electrons. The molecule has 0 atom stereocenters. The minimum Gasteiger partial charge on any atom is -0.423 e. The highest BCUT2D eigenvalue weighted by Crippen LogP contribution is 2.24. The van der Waals surface area contributed by atoms with Gasteiger partial charge < -0.3 is 9.12 Å². The van der Waals surface area contributed by atoms with E-state index >= 15 is 0 Å². The van der Waals surface area contributed by atoms with Crippen molar-refractivity contribution in [3.05, 3.63) is 30.3 Å². The second-order valence-corrected chi connectivity index (χ2v) is 5.64. The number of rotatable bonds is 3. The van der Waals surface area contributed by atoms with E-state index in [2.05, 4.69) is 0 Å². The predicted molar refractivity (Wildman–Crippen MR) is 62.5 cm³/mol. The van der Waals surface area contributed by atoms with Crippen molar-refractivity contribution in [2.45, 2.75) is 25.5 Å². The van der Waals surface area contributed by atoms with Crippen LogP contribution >= 0.6 is 12.0 Å². The lowest BCUT2D eigenvalue weighted by molar-refractivity contribution is 0.462. The van der Waals surface area contributed by atoms with Crippen molar-refractivity contribution in [1.29, 1.82) is 0 Å². The van der Waals surface area contributed by atoms with Gasteiger partial charge in [-0.05, 0) is 38.3 Å². The topological polar surface area (TPSA) is 29.5 Å². The minimum absolute atomic E-state index is 0.00421. The molecule has 0 bridgehead atoms. The van der Waals surface area contributed by atoms with Crippen LogP contribution in [0.1, 0.15) is 20.8 Å². The van der Waals surface area contributed by atoms with Crippen molar-refractivity contribution in [3.8, 4) is 0 Å². The van der Waals surface area contributed by atoms with Crippen LogP contribution in [0.2, 0.25) is 0 Å². The van der Waals surface area contributed by atoms with Gasteiger partial charge in [-0.3, -0.25) is 0 Å². The lowest BCUT2D eigenvalue weighted by Crippen LogP contribution is -2.32. The van der Waals surface area contributed by atoms with Crippen molar-refractivity contribution in [3.63, 3.8) is 0 Å². The molecule has 1 aromatic carbocycles. The molecule has 0 fully saturated rings. The fraction of sp³-hybridized carbons (Fsp3) is 0.400. The number of hydrogen-bond donors (Lipinski definition) is 1. The van der Waals surface area contributed by atoms with Crippen molar-refractivity contribution in [2.24, 2.45) is 0 Å². The molecule has 0 saturated carbocycles. The fourth-order valence-electron chi connectivity index (χ4n) is 0.863. The SMILES string of the molecule is CC(C)(C)SOB(O)c1ccccc1. The molecule has 14 heavy (non-hydrogen) atoms. The summed E-state index contributed by atoms with van der Waals surface area (Å²) in [6, 6.07) is 9.35. The van der Waals surface area contributed by atoms with Gasteiger partial charge in [-0.1, -0.05) is 30.3 Å². The highest BCUT2D eigenvalue weighted by atomic mass is 32.2. The molecule has 0 unspecified atom stereocenters. The van der Waals surface area contributed by atoms with Crippen molar-refractivity contribution < 1.29 is 9.12 Å². The maximum atomic E-state index is 9.64. The molecule has 4 heteroatoms. The summed E-state index contributed by atoms with van der Waals surface area (Å²) in [5, 5.41) is 9.64. The van der Waals surface area contributed by atoms with Gasteiger partial charge in [0, 0.05) is 4.75 Å². The van der Waals surface area contributed by atoms with Gasteiger partial charge in [0.25, 0.3) is 0 Å². The van der Waals surface area contributed by atoms with E-state index in [1.165, 1.54) is 12.0 Å². The average Bonchev–Trinajstić information content (AvgIpc) is 2.14. The first-order valence-electron chi connectivity index (χ1n) is 4.56. The fourth-order valence-corrected chi connectivity index (χ4v) is 1.35. The lowest BCUT2D eigenvalue weighted by Gasteiger charge is -2.17. The lowest BCUT2D eigenvalue weighted by atomic mass is 9.80. The second-order valence-electron chi connectivity index (χ2n) is 4.05. The van der Waals surface area contributed by atoms with E-state index in [0.29, 0.717) is 0 Å². The zero-order chi connectivity index (χ0) is 10.6. The number of hydrogen-bond acceptors (Lipinski definition) is 3. The van der Waals surface area contributed by atoms with Crippen LogP contribution in [0.5, 0.6) is 0 Å². The zero-order valence-corrected chi connectivity index (χ0v) is 9.54. The molecule has 0 saturated heterocycles. The molecule has 0 radical (unpaired) electrons. The van der Waals surface area contributed by atoms with Crippen LogP contribution in [-0.4, -0.2) is 16.9 Å². The van der Waals surface area contributed by atoms with Crippen LogP contribution in [0, 0.1) is 0 Å². The molecule has 0 heterocycles. The Kier molecular flexibility index (Phi) is 4.04. The molecule has 1 N–H and O–H groups in total. The van der Waals surface area contributed by atoms with Gasteiger partial charge in [0.15, 0.2) is 0 Å². The molecule has 0 aliphatic rings. The molecule has 1 aromatic rings. The van der Waals surface area contributed by atoms with Gasteiger partial charge in [-0.25, -0.2) is 0 Å².